The van der Waals surface area contributed by atoms with Gasteiger partial charge in [-0.2, -0.15) is 0 Å². The molecule has 116 valence electrons. The molecule has 4 nitrogen and oxygen atoms in total. The molecular formula is C15H21F2N3O. The SMILES string of the molecule is CNCC(=O)NC1CCN(Cc2ccc(F)c(F)c2)CC1. The van der Waals surface area contributed by atoms with E-state index >= 15 is 0 Å². The van der Waals surface area contributed by atoms with Crippen molar-refractivity contribution in [1.29, 1.82) is 0 Å². The summed E-state index contributed by atoms with van der Waals surface area (Å²) in [6, 6.07) is 4.22. The Balaban J connectivity index is 1.78. The van der Waals surface area contributed by atoms with Gasteiger partial charge in [0.1, 0.15) is 0 Å². The van der Waals surface area contributed by atoms with Crippen LogP contribution in [0.2, 0.25) is 0 Å². The molecular weight excluding hydrogens is 276 g/mol. The van der Waals surface area contributed by atoms with E-state index in [-0.39, 0.29) is 11.9 Å². The van der Waals surface area contributed by atoms with Gasteiger partial charge in [-0.15, -0.1) is 0 Å². The Morgan fingerprint density at radius 1 is 1.29 bits per heavy atom. The van der Waals surface area contributed by atoms with Gasteiger partial charge in [-0.1, -0.05) is 6.07 Å². The molecule has 1 fully saturated rings. The molecule has 1 aromatic carbocycles. The highest BCUT2D eigenvalue weighted by Crippen LogP contribution is 2.15. The molecule has 0 saturated carbocycles. The molecule has 0 spiro atoms. The highest BCUT2D eigenvalue weighted by molar-refractivity contribution is 5.78. The molecule has 0 radical (unpaired) electrons. The van der Waals surface area contributed by atoms with Crippen LogP contribution in [0.25, 0.3) is 0 Å². The van der Waals surface area contributed by atoms with Gasteiger partial charge in [0.15, 0.2) is 11.6 Å². The van der Waals surface area contributed by atoms with Crippen LogP contribution in [0.4, 0.5) is 8.78 Å². The van der Waals surface area contributed by atoms with E-state index in [4.69, 9.17) is 0 Å². The van der Waals surface area contributed by atoms with Gasteiger partial charge >= 0.3 is 0 Å². The van der Waals surface area contributed by atoms with Crippen molar-refractivity contribution < 1.29 is 13.6 Å². The molecule has 0 bridgehead atoms. The van der Waals surface area contributed by atoms with Crippen LogP contribution < -0.4 is 10.6 Å². The van der Waals surface area contributed by atoms with E-state index in [1.54, 1.807) is 13.1 Å². The summed E-state index contributed by atoms with van der Waals surface area (Å²) in [5.74, 6) is -1.61. The molecule has 1 aromatic rings. The summed E-state index contributed by atoms with van der Waals surface area (Å²) >= 11 is 0. The minimum absolute atomic E-state index is 0.0107. The van der Waals surface area contributed by atoms with Crippen LogP contribution in [-0.4, -0.2) is 43.5 Å². The van der Waals surface area contributed by atoms with Crippen molar-refractivity contribution in [2.24, 2.45) is 0 Å². The number of halogens is 2. The summed E-state index contributed by atoms with van der Waals surface area (Å²) in [5, 5.41) is 5.80. The zero-order valence-corrected chi connectivity index (χ0v) is 12.2. The Bertz CT molecular complexity index is 488. The summed E-state index contributed by atoms with van der Waals surface area (Å²) in [4.78, 5) is 13.7. The van der Waals surface area contributed by atoms with E-state index in [9.17, 15) is 13.6 Å². The van der Waals surface area contributed by atoms with Crippen molar-refractivity contribution in [2.45, 2.75) is 25.4 Å². The lowest BCUT2D eigenvalue weighted by Gasteiger charge is -2.32. The molecule has 0 aromatic heterocycles. The second-order valence-electron chi connectivity index (χ2n) is 5.40. The van der Waals surface area contributed by atoms with Gasteiger partial charge in [0, 0.05) is 25.7 Å². The van der Waals surface area contributed by atoms with E-state index in [0.29, 0.717) is 13.1 Å². The van der Waals surface area contributed by atoms with Crippen LogP contribution in [0.1, 0.15) is 18.4 Å². The highest BCUT2D eigenvalue weighted by atomic mass is 19.2. The van der Waals surface area contributed by atoms with Gasteiger partial charge in [-0.05, 0) is 37.6 Å². The van der Waals surface area contributed by atoms with Gasteiger partial charge in [0.2, 0.25) is 5.91 Å². The molecule has 2 N–H and O–H groups in total. The number of benzene rings is 1. The van der Waals surface area contributed by atoms with Crippen LogP contribution in [0.5, 0.6) is 0 Å². The fourth-order valence-corrected chi connectivity index (χ4v) is 2.57. The Morgan fingerprint density at radius 3 is 2.62 bits per heavy atom. The zero-order chi connectivity index (χ0) is 15.2. The third-order valence-electron chi connectivity index (χ3n) is 3.68. The molecule has 0 unspecified atom stereocenters. The van der Waals surface area contributed by atoms with Crippen LogP contribution in [0.3, 0.4) is 0 Å². The molecule has 1 saturated heterocycles. The summed E-state index contributed by atoms with van der Waals surface area (Å²) < 4.78 is 26.0. The van der Waals surface area contributed by atoms with E-state index in [2.05, 4.69) is 15.5 Å². The van der Waals surface area contributed by atoms with Crippen LogP contribution in [0, 0.1) is 11.6 Å². The van der Waals surface area contributed by atoms with Crippen molar-refractivity contribution >= 4 is 5.91 Å². The molecule has 1 heterocycles. The predicted molar refractivity (Wildman–Crippen MR) is 76.7 cm³/mol. The number of nitrogens with one attached hydrogen (secondary N) is 2. The second kappa shape index (κ2) is 7.47. The van der Waals surface area contributed by atoms with Crippen LogP contribution in [0.15, 0.2) is 18.2 Å². The number of amides is 1. The maximum absolute atomic E-state index is 13.2. The smallest absolute Gasteiger partial charge is 0.234 e. The Labute approximate surface area is 123 Å². The number of carbonyl (C=O) groups is 1. The number of piperidine rings is 1. The molecule has 0 atom stereocenters. The molecule has 1 aliphatic heterocycles. The maximum atomic E-state index is 13.2. The predicted octanol–water partition coefficient (Wildman–Crippen LogP) is 1.26. The van der Waals surface area contributed by atoms with Crippen LogP contribution in [-0.2, 0) is 11.3 Å². The zero-order valence-electron chi connectivity index (χ0n) is 12.2. The van der Waals surface area contributed by atoms with Crippen molar-refractivity contribution in [3.63, 3.8) is 0 Å². The lowest BCUT2D eigenvalue weighted by molar-refractivity contribution is -0.121. The first-order valence-electron chi connectivity index (χ1n) is 7.18. The number of rotatable bonds is 5. The maximum Gasteiger partial charge on any atom is 0.234 e. The normalized spacial score (nSPS) is 16.9. The second-order valence-corrected chi connectivity index (χ2v) is 5.40. The van der Waals surface area contributed by atoms with Gasteiger partial charge < -0.3 is 10.6 Å². The molecule has 21 heavy (non-hydrogen) atoms. The monoisotopic (exact) mass is 297 g/mol. The summed E-state index contributed by atoms with van der Waals surface area (Å²) in [6.45, 7) is 2.61. The molecule has 1 aliphatic rings. The van der Waals surface area contributed by atoms with E-state index < -0.39 is 11.6 Å². The van der Waals surface area contributed by atoms with Crippen molar-refractivity contribution in [3.05, 3.63) is 35.4 Å². The number of hydrogen-bond acceptors (Lipinski definition) is 3. The molecule has 2 rings (SSSR count). The average Bonchev–Trinajstić information content (AvgIpc) is 2.45. The first-order valence-corrected chi connectivity index (χ1v) is 7.18. The average molecular weight is 297 g/mol. The van der Waals surface area contributed by atoms with Crippen molar-refractivity contribution in [1.82, 2.24) is 15.5 Å². The largest absolute Gasteiger partial charge is 0.352 e. The fraction of sp³-hybridized carbons (Fsp3) is 0.533. The van der Waals surface area contributed by atoms with Crippen molar-refractivity contribution in [2.75, 3.05) is 26.7 Å². The molecule has 6 heteroatoms. The third kappa shape index (κ3) is 4.75. The minimum atomic E-state index is -0.815. The molecule has 1 amide bonds. The number of hydrogen-bond donors (Lipinski definition) is 2. The number of likely N-dealkylation sites (tertiary alicyclic amines) is 1. The van der Waals surface area contributed by atoms with E-state index in [0.717, 1.165) is 37.6 Å². The van der Waals surface area contributed by atoms with Gasteiger partial charge in [-0.3, -0.25) is 9.69 Å². The topological polar surface area (TPSA) is 44.4 Å². The Morgan fingerprint density at radius 2 is 2.00 bits per heavy atom. The van der Waals surface area contributed by atoms with Gasteiger partial charge in [0.05, 0.1) is 6.54 Å². The van der Waals surface area contributed by atoms with E-state index in [1.165, 1.54) is 6.07 Å². The summed E-state index contributed by atoms with van der Waals surface area (Å²) in [7, 11) is 1.74. The summed E-state index contributed by atoms with van der Waals surface area (Å²) in [5.41, 5.74) is 0.770. The number of carbonyl (C=O) groups excluding carboxylic acids is 1. The summed E-state index contributed by atoms with van der Waals surface area (Å²) in [6.07, 6.45) is 1.75. The number of nitrogens with zero attached hydrogens (tertiary/aromatic N) is 1. The Kier molecular flexibility index (Phi) is 5.64. The quantitative estimate of drug-likeness (QED) is 0.860. The van der Waals surface area contributed by atoms with Gasteiger partial charge in [0.25, 0.3) is 0 Å². The lowest BCUT2D eigenvalue weighted by atomic mass is 10.0. The van der Waals surface area contributed by atoms with Crippen molar-refractivity contribution in [3.8, 4) is 0 Å². The third-order valence-corrected chi connectivity index (χ3v) is 3.68. The van der Waals surface area contributed by atoms with Crippen LogP contribution >= 0.6 is 0 Å². The first-order chi connectivity index (χ1) is 10.1. The standard InChI is InChI=1S/C15H21F2N3O/c1-18-9-15(21)19-12-4-6-20(7-5-12)10-11-2-3-13(16)14(17)8-11/h2-3,8,12,18H,4-7,9-10H2,1H3,(H,19,21). The van der Waals surface area contributed by atoms with Gasteiger partial charge in [-0.25, -0.2) is 8.78 Å². The first kappa shape index (κ1) is 15.9. The lowest BCUT2D eigenvalue weighted by Crippen LogP contribution is -2.46. The number of likely N-dealkylation sites (N-methyl/N-ethyl adjacent to an activating group) is 1. The minimum Gasteiger partial charge on any atom is -0.352 e. The highest BCUT2D eigenvalue weighted by Gasteiger charge is 2.20. The Hall–Kier alpha value is -1.53. The fourth-order valence-electron chi connectivity index (χ4n) is 2.57. The van der Waals surface area contributed by atoms with E-state index in [1.807, 2.05) is 0 Å². The molecule has 0 aliphatic carbocycles.